The van der Waals surface area contributed by atoms with Gasteiger partial charge in [-0.1, -0.05) is 29.3 Å². The molecule has 1 aliphatic heterocycles. The van der Waals surface area contributed by atoms with E-state index in [0.29, 0.717) is 62.0 Å². The first-order valence-corrected chi connectivity index (χ1v) is 10.6. The number of likely N-dealkylation sites (tertiary alicyclic amines) is 1. The van der Waals surface area contributed by atoms with Gasteiger partial charge in [-0.3, -0.25) is 9.59 Å². The second-order valence-corrected chi connectivity index (χ2v) is 7.72. The Kier molecular flexibility index (Phi) is 9.54. The Bertz CT molecular complexity index is 722. The zero-order valence-electron chi connectivity index (χ0n) is 16.5. The third kappa shape index (κ3) is 8.11. The molecule has 0 unspecified atom stereocenters. The first-order valence-electron chi connectivity index (χ1n) is 9.80. The van der Waals surface area contributed by atoms with Crippen LogP contribution in [-0.2, 0) is 20.7 Å². The topological polar surface area (TPSA) is 87.7 Å². The fraction of sp³-hybridized carbons (Fsp3) is 0.550. The van der Waals surface area contributed by atoms with Gasteiger partial charge < -0.3 is 20.3 Å². The SMILES string of the molecule is CCOC(=O)N1CCC(NC(=O)CCCNC(=O)Cc2ccc(Cl)c(Cl)c2)CC1. The first kappa shape index (κ1) is 23.3. The van der Waals surface area contributed by atoms with Crippen molar-refractivity contribution < 1.29 is 19.1 Å². The molecule has 1 aliphatic rings. The summed E-state index contributed by atoms with van der Waals surface area (Å²) in [6.07, 6.45) is 2.23. The summed E-state index contributed by atoms with van der Waals surface area (Å²) < 4.78 is 4.98. The summed E-state index contributed by atoms with van der Waals surface area (Å²) in [5.74, 6) is -0.173. The van der Waals surface area contributed by atoms with Crippen molar-refractivity contribution in [2.24, 2.45) is 0 Å². The monoisotopic (exact) mass is 443 g/mol. The van der Waals surface area contributed by atoms with Gasteiger partial charge in [0.25, 0.3) is 0 Å². The van der Waals surface area contributed by atoms with Crippen molar-refractivity contribution in [1.82, 2.24) is 15.5 Å². The van der Waals surface area contributed by atoms with E-state index < -0.39 is 0 Å². The molecule has 3 amide bonds. The smallest absolute Gasteiger partial charge is 0.409 e. The highest BCUT2D eigenvalue weighted by atomic mass is 35.5. The highest BCUT2D eigenvalue weighted by Crippen LogP contribution is 2.22. The molecule has 1 saturated heterocycles. The van der Waals surface area contributed by atoms with Crippen LogP contribution in [0.4, 0.5) is 4.79 Å². The quantitative estimate of drug-likeness (QED) is 0.603. The number of hydrogen-bond acceptors (Lipinski definition) is 4. The van der Waals surface area contributed by atoms with Crippen LogP contribution < -0.4 is 10.6 Å². The number of rotatable bonds is 8. The molecule has 29 heavy (non-hydrogen) atoms. The average molecular weight is 444 g/mol. The van der Waals surface area contributed by atoms with E-state index in [-0.39, 0.29) is 30.4 Å². The molecule has 160 valence electrons. The van der Waals surface area contributed by atoms with Crippen LogP contribution in [0.15, 0.2) is 18.2 Å². The first-order chi connectivity index (χ1) is 13.9. The lowest BCUT2D eigenvalue weighted by Gasteiger charge is -2.31. The maximum absolute atomic E-state index is 12.1. The van der Waals surface area contributed by atoms with Crippen LogP contribution in [0, 0.1) is 0 Å². The van der Waals surface area contributed by atoms with Crippen LogP contribution in [0.2, 0.25) is 10.0 Å². The Labute approximate surface area is 181 Å². The lowest BCUT2D eigenvalue weighted by atomic mass is 10.1. The molecule has 0 radical (unpaired) electrons. The summed E-state index contributed by atoms with van der Waals surface area (Å²) >= 11 is 11.8. The zero-order chi connectivity index (χ0) is 21.2. The molecule has 2 N–H and O–H groups in total. The molecule has 9 heteroatoms. The highest BCUT2D eigenvalue weighted by molar-refractivity contribution is 6.42. The average Bonchev–Trinajstić information content (AvgIpc) is 2.69. The Morgan fingerprint density at radius 1 is 1.14 bits per heavy atom. The van der Waals surface area contributed by atoms with Gasteiger partial charge in [-0.15, -0.1) is 0 Å². The number of amides is 3. The number of benzene rings is 1. The third-order valence-electron chi connectivity index (χ3n) is 4.64. The van der Waals surface area contributed by atoms with Gasteiger partial charge in [-0.2, -0.15) is 0 Å². The molecule has 1 aromatic rings. The van der Waals surface area contributed by atoms with Gasteiger partial charge in [0.1, 0.15) is 0 Å². The standard InChI is InChI=1S/C20H27Cl2N3O4/c1-2-29-20(28)25-10-7-15(8-11-25)24-18(26)4-3-9-23-19(27)13-14-5-6-16(21)17(22)12-14/h5-6,12,15H,2-4,7-11,13H2,1H3,(H,23,27)(H,24,26). The number of hydrogen-bond donors (Lipinski definition) is 2. The summed E-state index contributed by atoms with van der Waals surface area (Å²) in [6.45, 7) is 3.72. The molecule has 1 fully saturated rings. The lowest BCUT2D eigenvalue weighted by molar-refractivity contribution is -0.123. The predicted octanol–water partition coefficient (Wildman–Crippen LogP) is 3.17. The van der Waals surface area contributed by atoms with Crippen molar-refractivity contribution in [3.05, 3.63) is 33.8 Å². The van der Waals surface area contributed by atoms with Gasteiger partial charge in [-0.05, 0) is 43.9 Å². The minimum Gasteiger partial charge on any atom is -0.450 e. The summed E-state index contributed by atoms with van der Waals surface area (Å²) in [5, 5.41) is 6.66. The Balaban J connectivity index is 1.58. The van der Waals surface area contributed by atoms with E-state index in [1.807, 2.05) is 0 Å². The number of halogens is 2. The van der Waals surface area contributed by atoms with Gasteiger partial charge in [0.15, 0.2) is 0 Å². The number of carbonyl (C=O) groups excluding carboxylic acids is 3. The number of carbonyl (C=O) groups is 3. The van der Waals surface area contributed by atoms with E-state index in [2.05, 4.69) is 10.6 Å². The fourth-order valence-corrected chi connectivity index (χ4v) is 3.42. The second-order valence-electron chi connectivity index (χ2n) is 6.91. The summed E-state index contributed by atoms with van der Waals surface area (Å²) in [6, 6.07) is 5.16. The van der Waals surface area contributed by atoms with Crippen LogP contribution in [-0.4, -0.2) is 55.1 Å². The van der Waals surface area contributed by atoms with Crippen LogP contribution in [0.3, 0.4) is 0 Å². The largest absolute Gasteiger partial charge is 0.450 e. The minimum atomic E-state index is -0.297. The van der Waals surface area contributed by atoms with Gasteiger partial charge in [0.05, 0.1) is 23.1 Å². The van der Waals surface area contributed by atoms with Crippen molar-refractivity contribution in [3.63, 3.8) is 0 Å². The predicted molar refractivity (Wildman–Crippen MR) is 112 cm³/mol. The van der Waals surface area contributed by atoms with Gasteiger partial charge in [0, 0.05) is 32.1 Å². The Morgan fingerprint density at radius 2 is 1.86 bits per heavy atom. The zero-order valence-corrected chi connectivity index (χ0v) is 18.0. The van der Waals surface area contributed by atoms with Crippen LogP contribution in [0.25, 0.3) is 0 Å². The highest BCUT2D eigenvalue weighted by Gasteiger charge is 2.24. The van der Waals surface area contributed by atoms with Crippen molar-refractivity contribution in [2.75, 3.05) is 26.2 Å². The van der Waals surface area contributed by atoms with E-state index in [9.17, 15) is 14.4 Å². The fourth-order valence-electron chi connectivity index (χ4n) is 3.10. The van der Waals surface area contributed by atoms with Gasteiger partial charge in [-0.25, -0.2) is 4.79 Å². The molecule has 0 spiro atoms. The van der Waals surface area contributed by atoms with Crippen molar-refractivity contribution in [2.45, 2.75) is 45.1 Å². The molecule has 0 saturated carbocycles. The number of nitrogens with one attached hydrogen (secondary N) is 2. The molecular formula is C20H27Cl2N3O4. The number of ether oxygens (including phenoxy) is 1. The van der Waals surface area contributed by atoms with Crippen LogP contribution >= 0.6 is 23.2 Å². The van der Waals surface area contributed by atoms with Crippen molar-refractivity contribution >= 4 is 41.1 Å². The summed E-state index contributed by atoms with van der Waals surface area (Å²) in [7, 11) is 0. The van der Waals surface area contributed by atoms with Crippen molar-refractivity contribution in [3.8, 4) is 0 Å². The summed E-state index contributed by atoms with van der Waals surface area (Å²) in [5.41, 5.74) is 0.781. The normalized spacial score (nSPS) is 14.4. The number of nitrogens with zero attached hydrogens (tertiary/aromatic N) is 1. The minimum absolute atomic E-state index is 0.0432. The van der Waals surface area contributed by atoms with Crippen LogP contribution in [0.1, 0.15) is 38.2 Å². The maximum atomic E-state index is 12.1. The van der Waals surface area contributed by atoms with E-state index in [4.69, 9.17) is 27.9 Å². The molecule has 0 aliphatic carbocycles. The molecule has 0 bridgehead atoms. The van der Waals surface area contributed by atoms with E-state index in [1.54, 1.807) is 30.0 Å². The lowest BCUT2D eigenvalue weighted by Crippen LogP contribution is -2.46. The molecule has 1 heterocycles. The maximum Gasteiger partial charge on any atom is 0.409 e. The molecule has 0 atom stereocenters. The molecule has 1 aromatic carbocycles. The van der Waals surface area contributed by atoms with Gasteiger partial charge >= 0.3 is 6.09 Å². The molecule has 0 aromatic heterocycles. The summed E-state index contributed by atoms with van der Waals surface area (Å²) in [4.78, 5) is 37.4. The third-order valence-corrected chi connectivity index (χ3v) is 5.38. The van der Waals surface area contributed by atoms with Gasteiger partial charge in [0.2, 0.25) is 11.8 Å². The Hall–Kier alpha value is -1.99. The molecule has 2 rings (SSSR count). The number of piperidine rings is 1. The van der Waals surface area contributed by atoms with Crippen LogP contribution in [0.5, 0.6) is 0 Å². The molecular weight excluding hydrogens is 417 g/mol. The second kappa shape index (κ2) is 11.9. The van der Waals surface area contributed by atoms with E-state index >= 15 is 0 Å². The van der Waals surface area contributed by atoms with E-state index in [1.165, 1.54) is 0 Å². The molecule has 7 nitrogen and oxygen atoms in total. The van der Waals surface area contributed by atoms with Crippen molar-refractivity contribution in [1.29, 1.82) is 0 Å². The Morgan fingerprint density at radius 3 is 2.52 bits per heavy atom. The van der Waals surface area contributed by atoms with E-state index in [0.717, 1.165) is 5.56 Å².